The fraction of sp³-hybridized carbons (Fsp3) is 0.476. The molecule has 0 radical (unpaired) electrons. The third-order valence-electron chi connectivity index (χ3n) is 5.02. The number of carbonyl (C=O) groups is 1. The van der Waals surface area contributed by atoms with Gasteiger partial charge in [-0.2, -0.15) is 5.10 Å². The molecular weight excluding hydrogens is 356 g/mol. The predicted molar refractivity (Wildman–Crippen MR) is 109 cm³/mol. The number of hydrogen-bond donors (Lipinski definition) is 0. The van der Waals surface area contributed by atoms with Crippen molar-refractivity contribution in [1.29, 1.82) is 0 Å². The molecule has 0 aliphatic carbocycles. The van der Waals surface area contributed by atoms with Gasteiger partial charge >= 0.3 is 0 Å². The van der Waals surface area contributed by atoms with Gasteiger partial charge in [0, 0.05) is 45.5 Å². The average molecular weight is 384 g/mol. The van der Waals surface area contributed by atoms with E-state index in [0.717, 1.165) is 18.7 Å². The van der Waals surface area contributed by atoms with E-state index >= 15 is 0 Å². The Hall–Kier alpha value is -2.67. The molecule has 0 saturated carbocycles. The minimum absolute atomic E-state index is 0.216. The molecule has 2 aromatic rings. The van der Waals surface area contributed by atoms with Gasteiger partial charge in [0.25, 0.3) is 11.5 Å². The highest BCUT2D eigenvalue weighted by molar-refractivity contribution is 5.91. The number of piperidine rings is 1. The van der Waals surface area contributed by atoms with E-state index < -0.39 is 0 Å². The van der Waals surface area contributed by atoms with Gasteiger partial charge in [0.15, 0.2) is 0 Å². The molecule has 2 heterocycles. The molecule has 0 unspecified atom stereocenters. The second-order valence-electron chi connectivity index (χ2n) is 7.15. The zero-order valence-corrected chi connectivity index (χ0v) is 16.6. The molecular formula is C21H28N4O3. The van der Waals surface area contributed by atoms with E-state index in [0.29, 0.717) is 19.7 Å². The third kappa shape index (κ3) is 4.98. The van der Waals surface area contributed by atoms with Gasteiger partial charge in [0.1, 0.15) is 5.69 Å². The zero-order chi connectivity index (χ0) is 19.9. The minimum Gasteiger partial charge on any atom is -0.383 e. The van der Waals surface area contributed by atoms with Crippen LogP contribution in [0.2, 0.25) is 0 Å². The lowest BCUT2D eigenvalue weighted by Crippen LogP contribution is -2.31. The summed E-state index contributed by atoms with van der Waals surface area (Å²) in [5.74, 6) is -0.216. The summed E-state index contributed by atoms with van der Waals surface area (Å²) >= 11 is 0. The van der Waals surface area contributed by atoms with Crippen molar-refractivity contribution in [2.45, 2.75) is 32.4 Å². The van der Waals surface area contributed by atoms with Crippen LogP contribution in [0.5, 0.6) is 0 Å². The third-order valence-corrected chi connectivity index (χ3v) is 5.02. The van der Waals surface area contributed by atoms with Crippen molar-refractivity contribution >= 4 is 11.6 Å². The SMILES string of the molecule is COCCn1nc(C(=O)N(C)Cc2ccc(N3CCCCC3)cc2)ccc1=O. The Morgan fingerprint density at radius 1 is 1.11 bits per heavy atom. The molecule has 1 aromatic heterocycles. The Balaban J connectivity index is 1.64. The fourth-order valence-electron chi connectivity index (χ4n) is 3.41. The van der Waals surface area contributed by atoms with Crippen molar-refractivity contribution in [3.05, 3.63) is 58.0 Å². The topological polar surface area (TPSA) is 67.7 Å². The largest absolute Gasteiger partial charge is 0.383 e. The van der Waals surface area contributed by atoms with Crippen LogP contribution in [0.15, 0.2) is 41.2 Å². The highest BCUT2D eigenvalue weighted by atomic mass is 16.5. The molecule has 1 amide bonds. The van der Waals surface area contributed by atoms with Crippen LogP contribution < -0.4 is 10.5 Å². The van der Waals surface area contributed by atoms with Crippen LogP contribution in [0.3, 0.4) is 0 Å². The lowest BCUT2D eigenvalue weighted by atomic mass is 10.1. The van der Waals surface area contributed by atoms with Crippen molar-refractivity contribution < 1.29 is 9.53 Å². The first-order valence-electron chi connectivity index (χ1n) is 9.75. The van der Waals surface area contributed by atoms with E-state index in [2.05, 4.69) is 34.3 Å². The molecule has 0 spiro atoms. The lowest BCUT2D eigenvalue weighted by molar-refractivity contribution is 0.0775. The molecule has 1 saturated heterocycles. The Morgan fingerprint density at radius 3 is 2.50 bits per heavy atom. The van der Waals surface area contributed by atoms with E-state index in [1.54, 1.807) is 19.1 Å². The Morgan fingerprint density at radius 2 is 1.82 bits per heavy atom. The molecule has 1 aromatic carbocycles. The highest BCUT2D eigenvalue weighted by Gasteiger charge is 2.16. The minimum atomic E-state index is -0.246. The second kappa shape index (κ2) is 9.50. The lowest BCUT2D eigenvalue weighted by Gasteiger charge is -2.29. The summed E-state index contributed by atoms with van der Waals surface area (Å²) in [7, 11) is 3.30. The number of ether oxygens (including phenoxy) is 1. The first-order valence-corrected chi connectivity index (χ1v) is 9.75. The predicted octanol–water partition coefficient (Wildman–Crippen LogP) is 2.15. The Bertz CT molecular complexity index is 841. The first-order chi connectivity index (χ1) is 13.6. The standard InChI is InChI=1S/C21H28N4O3/c1-23(21(27)19-10-11-20(26)25(22-19)14-15-28-2)16-17-6-8-18(9-7-17)24-12-4-3-5-13-24/h6-11H,3-5,12-16H2,1-2H3. The van der Waals surface area contributed by atoms with E-state index in [4.69, 9.17) is 4.74 Å². The number of methoxy groups -OCH3 is 1. The average Bonchev–Trinajstić information content (AvgIpc) is 2.74. The van der Waals surface area contributed by atoms with Crippen LogP contribution in [-0.4, -0.2) is 54.4 Å². The molecule has 28 heavy (non-hydrogen) atoms. The van der Waals surface area contributed by atoms with Crippen LogP contribution in [-0.2, 0) is 17.8 Å². The molecule has 1 fully saturated rings. The van der Waals surface area contributed by atoms with E-state index in [1.165, 1.54) is 41.8 Å². The maximum absolute atomic E-state index is 12.7. The van der Waals surface area contributed by atoms with Crippen molar-refractivity contribution in [2.75, 3.05) is 38.8 Å². The number of nitrogens with zero attached hydrogens (tertiary/aromatic N) is 4. The number of amides is 1. The number of aromatic nitrogens is 2. The molecule has 3 rings (SSSR count). The molecule has 7 nitrogen and oxygen atoms in total. The molecule has 0 bridgehead atoms. The molecule has 1 aliphatic heterocycles. The van der Waals surface area contributed by atoms with E-state index in [9.17, 15) is 9.59 Å². The maximum Gasteiger partial charge on any atom is 0.274 e. The fourth-order valence-corrected chi connectivity index (χ4v) is 3.41. The molecule has 0 atom stereocenters. The maximum atomic E-state index is 12.7. The number of anilines is 1. The zero-order valence-electron chi connectivity index (χ0n) is 16.6. The van der Waals surface area contributed by atoms with Gasteiger partial charge < -0.3 is 14.5 Å². The normalized spacial score (nSPS) is 14.1. The van der Waals surface area contributed by atoms with Gasteiger partial charge in [-0.1, -0.05) is 12.1 Å². The number of benzene rings is 1. The summed E-state index contributed by atoms with van der Waals surface area (Å²) in [6.45, 7) is 3.39. The smallest absolute Gasteiger partial charge is 0.274 e. The van der Waals surface area contributed by atoms with Crippen molar-refractivity contribution in [3.8, 4) is 0 Å². The summed E-state index contributed by atoms with van der Waals surface area (Å²) in [5.41, 5.74) is 2.31. The van der Waals surface area contributed by atoms with Gasteiger partial charge in [0.2, 0.25) is 0 Å². The van der Waals surface area contributed by atoms with Crippen LogP contribution >= 0.6 is 0 Å². The van der Waals surface area contributed by atoms with Gasteiger partial charge in [-0.3, -0.25) is 9.59 Å². The van der Waals surface area contributed by atoms with Gasteiger partial charge in [0.05, 0.1) is 13.2 Å². The first kappa shape index (κ1) is 20.1. The van der Waals surface area contributed by atoms with Crippen LogP contribution in [0, 0.1) is 0 Å². The Kier molecular flexibility index (Phi) is 6.81. The summed E-state index contributed by atoms with van der Waals surface area (Å²) < 4.78 is 6.24. The van der Waals surface area contributed by atoms with Crippen LogP contribution in [0.4, 0.5) is 5.69 Å². The molecule has 7 heteroatoms. The highest BCUT2D eigenvalue weighted by Crippen LogP contribution is 2.20. The van der Waals surface area contributed by atoms with Gasteiger partial charge in [-0.25, -0.2) is 4.68 Å². The van der Waals surface area contributed by atoms with E-state index in [-0.39, 0.29) is 17.2 Å². The van der Waals surface area contributed by atoms with Crippen molar-refractivity contribution in [2.24, 2.45) is 0 Å². The number of carbonyl (C=O) groups excluding carboxylic acids is 1. The van der Waals surface area contributed by atoms with Crippen LogP contribution in [0.25, 0.3) is 0 Å². The van der Waals surface area contributed by atoms with Gasteiger partial charge in [-0.15, -0.1) is 0 Å². The van der Waals surface area contributed by atoms with Crippen LogP contribution in [0.1, 0.15) is 35.3 Å². The number of hydrogen-bond acceptors (Lipinski definition) is 5. The quantitative estimate of drug-likeness (QED) is 0.732. The Labute approximate surface area is 165 Å². The molecule has 1 aliphatic rings. The molecule has 150 valence electrons. The molecule has 0 N–H and O–H groups in total. The monoisotopic (exact) mass is 384 g/mol. The summed E-state index contributed by atoms with van der Waals surface area (Å²) in [5, 5.41) is 4.17. The summed E-state index contributed by atoms with van der Waals surface area (Å²) in [4.78, 5) is 28.6. The second-order valence-corrected chi connectivity index (χ2v) is 7.15. The van der Waals surface area contributed by atoms with Crippen molar-refractivity contribution in [1.82, 2.24) is 14.7 Å². The number of rotatable bonds is 7. The van der Waals surface area contributed by atoms with Gasteiger partial charge in [-0.05, 0) is 43.0 Å². The van der Waals surface area contributed by atoms with Crippen molar-refractivity contribution in [3.63, 3.8) is 0 Å². The van der Waals surface area contributed by atoms with E-state index in [1.807, 2.05) is 0 Å². The summed E-state index contributed by atoms with van der Waals surface area (Å²) in [6.07, 6.45) is 3.81. The summed E-state index contributed by atoms with van der Waals surface area (Å²) in [6, 6.07) is 11.2.